The Bertz CT molecular complexity index is 239. The summed E-state index contributed by atoms with van der Waals surface area (Å²) < 4.78 is 0. The Kier molecular flexibility index (Phi) is 5.28. The van der Waals surface area contributed by atoms with Gasteiger partial charge in [0, 0.05) is 6.54 Å². The SMILES string of the molecule is CCNCC(=O)N(CC)C(C)(C)C(=O)O. The monoisotopic (exact) mass is 216 g/mol. The summed E-state index contributed by atoms with van der Waals surface area (Å²) in [6, 6.07) is 0. The molecule has 0 heterocycles. The van der Waals surface area contributed by atoms with Crippen molar-refractivity contribution >= 4 is 11.9 Å². The first-order valence-electron chi connectivity index (χ1n) is 5.12. The molecule has 0 aromatic heterocycles. The molecule has 0 aliphatic heterocycles. The molecule has 0 fully saturated rings. The molecule has 15 heavy (non-hydrogen) atoms. The van der Waals surface area contributed by atoms with Gasteiger partial charge >= 0.3 is 5.97 Å². The molecular formula is C10H20N2O3. The van der Waals surface area contributed by atoms with Gasteiger partial charge in [0.05, 0.1) is 6.54 Å². The summed E-state index contributed by atoms with van der Waals surface area (Å²) >= 11 is 0. The van der Waals surface area contributed by atoms with Crippen molar-refractivity contribution in [2.45, 2.75) is 33.2 Å². The zero-order valence-corrected chi connectivity index (χ0v) is 9.83. The van der Waals surface area contributed by atoms with Crippen molar-refractivity contribution in [3.05, 3.63) is 0 Å². The minimum atomic E-state index is -1.15. The Labute approximate surface area is 90.5 Å². The molecule has 88 valence electrons. The van der Waals surface area contributed by atoms with E-state index in [1.807, 2.05) is 6.92 Å². The van der Waals surface area contributed by atoms with Crippen LogP contribution in [0.1, 0.15) is 27.7 Å². The van der Waals surface area contributed by atoms with Gasteiger partial charge in [-0.05, 0) is 27.3 Å². The molecule has 0 aliphatic carbocycles. The summed E-state index contributed by atoms with van der Waals surface area (Å²) in [7, 11) is 0. The lowest BCUT2D eigenvalue weighted by molar-refractivity contribution is -0.156. The van der Waals surface area contributed by atoms with E-state index in [-0.39, 0.29) is 12.5 Å². The number of carboxylic acid groups (broad SMARTS) is 1. The van der Waals surface area contributed by atoms with Crippen LogP contribution in [0.25, 0.3) is 0 Å². The van der Waals surface area contributed by atoms with Gasteiger partial charge < -0.3 is 15.3 Å². The lowest BCUT2D eigenvalue weighted by Gasteiger charge is -2.34. The highest BCUT2D eigenvalue weighted by Gasteiger charge is 2.36. The molecule has 0 aromatic rings. The van der Waals surface area contributed by atoms with Crippen LogP contribution in [-0.2, 0) is 9.59 Å². The number of carboxylic acids is 1. The van der Waals surface area contributed by atoms with Gasteiger partial charge in [-0.15, -0.1) is 0 Å². The van der Waals surface area contributed by atoms with Gasteiger partial charge in [-0.1, -0.05) is 6.92 Å². The maximum atomic E-state index is 11.7. The van der Waals surface area contributed by atoms with E-state index in [9.17, 15) is 9.59 Å². The predicted octanol–water partition coefficient (Wildman–Crippen LogP) is 0.308. The van der Waals surface area contributed by atoms with Gasteiger partial charge in [0.25, 0.3) is 0 Å². The lowest BCUT2D eigenvalue weighted by atomic mass is 10.0. The Balaban J connectivity index is 4.61. The van der Waals surface area contributed by atoms with Crippen LogP contribution < -0.4 is 5.32 Å². The van der Waals surface area contributed by atoms with Crippen LogP contribution in [0.15, 0.2) is 0 Å². The molecule has 0 unspecified atom stereocenters. The van der Waals surface area contributed by atoms with Gasteiger partial charge in [-0.25, -0.2) is 4.79 Å². The summed E-state index contributed by atoms with van der Waals surface area (Å²) in [4.78, 5) is 24.0. The maximum absolute atomic E-state index is 11.7. The standard InChI is InChI=1S/C10H20N2O3/c1-5-11-7-8(13)12(6-2)10(3,4)9(14)15/h11H,5-7H2,1-4H3,(H,14,15). The first kappa shape index (κ1) is 13.9. The molecule has 0 bridgehead atoms. The Hall–Kier alpha value is -1.10. The lowest BCUT2D eigenvalue weighted by Crippen LogP contribution is -2.54. The summed E-state index contributed by atoms with van der Waals surface area (Å²) in [6.45, 7) is 7.99. The maximum Gasteiger partial charge on any atom is 0.329 e. The van der Waals surface area contributed by atoms with E-state index >= 15 is 0 Å². The van der Waals surface area contributed by atoms with Gasteiger partial charge in [0.15, 0.2) is 0 Å². The average Bonchev–Trinajstić information content (AvgIpc) is 2.15. The van der Waals surface area contributed by atoms with E-state index in [1.165, 1.54) is 18.7 Å². The van der Waals surface area contributed by atoms with Gasteiger partial charge in [-0.2, -0.15) is 0 Å². The quantitative estimate of drug-likeness (QED) is 0.670. The topological polar surface area (TPSA) is 69.6 Å². The number of carbonyl (C=O) groups excluding carboxylic acids is 1. The van der Waals surface area contributed by atoms with E-state index in [4.69, 9.17) is 5.11 Å². The number of hydrogen-bond donors (Lipinski definition) is 2. The first-order valence-corrected chi connectivity index (χ1v) is 5.12. The van der Waals surface area contributed by atoms with Crippen molar-refractivity contribution in [2.24, 2.45) is 0 Å². The minimum Gasteiger partial charge on any atom is -0.480 e. The summed E-state index contributed by atoms with van der Waals surface area (Å²) in [5.74, 6) is -1.18. The van der Waals surface area contributed by atoms with Crippen molar-refractivity contribution < 1.29 is 14.7 Å². The second-order valence-electron chi connectivity index (χ2n) is 3.78. The fourth-order valence-electron chi connectivity index (χ4n) is 1.33. The Morgan fingerprint density at radius 3 is 2.20 bits per heavy atom. The second kappa shape index (κ2) is 5.70. The first-order chi connectivity index (χ1) is 6.87. The Morgan fingerprint density at radius 2 is 1.87 bits per heavy atom. The highest BCUT2D eigenvalue weighted by atomic mass is 16.4. The molecule has 0 radical (unpaired) electrons. The third kappa shape index (κ3) is 3.51. The van der Waals surface area contributed by atoms with E-state index in [0.29, 0.717) is 13.1 Å². The van der Waals surface area contributed by atoms with Crippen molar-refractivity contribution in [3.8, 4) is 0 Å². The number of nitrogens with zero attached hydrogens (tertiary/aromatic N) is 1. The number of aliphatic carboxylic acids is 1. The van der Waals surface area contributed by atoms with Crippen LogP contribution in [0.4, 0.5) is 0 Å². The molecule has 1 amide bonds. The van der Waals surface area contributed by atoms with E-state index in [1.54, 1.807) is 6.92 Å². The minimum absolute atomic E-state index is 0.182. The average molecular weight is 216 g/mol. The van der Waals surface area contributed by atoms with Gasteiger partial charge in [-0.3, -0.25) is 4.79 Å². The number of likely N-dealkylation sites (N-methyl/N-ethyl adjacent to an activating group) is 2. The molecule has 0 aliphatic rings. The summed E-state index contributed by atoms with van der Waals surface area (Å²) in [6.07, 6.45) is 0. The fourth-order valence-corrected chi connectivity index (χ4v) is 1.33. The normalized spacial score (nSPS) is 11.2. The molecule has 2 N–H and O–H groups in total. The number of rotatable bonds is 6. The highest BCUT2D eigenvalue weighted by molar-refractivity contribution is 5.87. The Morgan fingerprint density at radius 1 is 1.33 bits per heavy atom. The smallest absolute Gasteiger partial charge is 0.329 e. The summed E-state index contributed by atoms with van der Waals surface area (Å²) in [5, 5.41) is 11.9. The van der Waals surface area contributed by atoms with Gasteiger partial charge in [0.1, 0.15) is 5.54 Å². The van der Waals surface area contributed by atoms with Crippen LogP contribution in [0.3, 0.4) is 0 Å². The molecule has 0 rings (SSSR count). The predicted molar refractivity (Wildman–Crippen MR) is 57.6 cm³/mol. The molecule has 0 aromatic carbocycles. The van der Waals surface area contributed by atoms with Crippen LogP contribution in [0, 0.1) is 0 Å². The third-order valence-electron chi connectivity index (χ3n) is 2.34. The molecule has 0 saturated heterocycles. The van der Waals surface area contributed by atoms with Crippen LogP contribution in [0.5, 0.6) is 0 Å². The van der Waals surface area contributed by atoms with Crippen molar-refractivity contribution in [1.29, 1.82) is 0 Å². The highest BCUT2D eigenvalue weighted by Crippen LogP contribution is 2.14. The van der Waals surface area contributed by atoms with Crippen LogP contribution in [0.2, 0.25) is 0 Å². The van der Waals surface area contributed by atoms with E-state index in [2.05, 4.69) is 5.32 Å². The fraction of sp³-hybridized carbons (Fsp3) is 0.800. The number of nitrogens with one attached hydrogen (secondary N) is 1. The van der Waals surface area contributed by atoms with Gasteiger partial charge in [0.2, 0.25) is 5.91 Å². The second-order valence-corrected chi connectivity index (χ2v) is 3.78. The van der Waals surface area contributed by atoms with E-state index < -0.39 is 11.5 Å². The molecule has 0 atom stereocenters. The summed E-state index contributed by atoms with van der Waals surface area (Å²) in [5.41, 5.74) is -1.15. The van der Waals surface area contributed by atoms with Crippen molar-refractivity contribution in [2.75, 3.05) is 19.6 Å². The third-order valence-corrected chi connectivity index (χ3v) is 2.34. The molecule has 0 spiro atoms. The largest absolute Gasteiger partial charge is 0.480 e. The number of hydrogen-bond acceptors (Lipinski definition) is 3. The van der Waals surface area contributed by atoms with Crippen LogP contribution >= 0.6 is 0 Å². The van der Waals surface area contributed by atoms with E-state index in [0.717, 1.165) is 0 Å². The number of carbonyl (C=O) groups is 2. The van der Waals surface area contributed by atoms with Crippen molar-refractivity contribution in [3.63, 3.8) is 0 Å². The van der Waals surface area contributed by atoms with Crippen molar-refractivity contribution in [1.82, 2.24) is 10.2 Å². The molecular weight excluding hydrogens is 196 g/mol. The van der Waals surface area contributed by atoms with Crippen LogP contribution in [-0.4, -0.2) is 47.1 Å². The number of amides is 1. The molecule has 5 heteroatoms. The zero-order valence-electron chi connectivity index (χ0n) is 9.83. The molecule has 5 nitrogen and oxygen atoms in total. The zero-order chi connectivity index (χ0) is 12.1. The molecule has 0 saturated carbocycles.